The third kappa shape index (κ3) is 14.7. The van der Waals surface area contributed by atoms with Crippen LogP contribution in [0.5, 0.6) is 0 Å². The smallest absolute Gasteiger partial charge is 0.237 e. The lowest BCUT2D eigenvalue weighted by molar-refractivity contribution is -0.128. The maximum Gasteiger partial charge on any atom is 0.237 e. The highest BCUT2D eigenvalue weighted by Gasteiger charge is 2.24. The fourth-order valence-electron chi connectivity index (χ4n) is 3.38. The molecule has 0 aliphatic rings. The molecule has 9 heteroatoms. The third-order valence-electron chi connectivity index (χ3n) is 5.14. The van der Waals surface area contributed by atoms with Gasteiger partial charge in [0.05, 0.1) is 12.1 Å². The molecule has 0 aromatic heterocycles. The summed E-state index contributed by atoms with van der Waals surface area (Å²) in [5.41, 5.74) is 0. The summed E-state index contributed by atoms with van der Waals surface area (Å²) in [5.74, 6) is -0.762. The molecule has 0 aliphatic heterocycles. The molecule has 0 aromatic carbocycles. The van der Waals surface area contributed by atoms with E-state index in [1.54, 1.807) is 7.05 Å². The predicted octanol–water partition coefficient (Wildman–Crippen LogP) is 0.282. The summed E-state index contributed by atoms with van der Waals surface area (Å²) in [6, 6.07) is -1.53. The van der Waals surface area contributed by atoms with Crippen molar-refractivity contribution in [2.45, 2.75) is 83.3 Å². The van der Waals surface area contributed by atoms with Crippen LogP contribution in [0.1, 0.15) is 65.2 Å². The maximum absolute atomic E-state index is 12.7. The molecule has 180 valence electrons. The number of unbranched alkanes of at least 4 members (excludes halogenated alkanes) is 2. The third-order valence-corrected chi connectivity index (χ3v) is 5.14. The van der Waals surface area contributed by atoms with Gasteiger partial charge in [-0.2, -0.15) is 0 Å². The van der Waals surface area contributed by atoms with Gasteiger partial charge in [0.25, 0.3) is 0 Å². The lowest BCUT2D eigenvalue weighted by Crippen LogP contribution is -2.49. The van der Waals surface area contributed by atoms with E-state index in [1.165, 1.54) is 13.8 Å². The van der Waals surface area contributed by atoms with Gasteiger partial charge >= 0.3 is 0 Å². The first kappa shape index (κ1) is 29.2. The van der Waals surface area contributed by atoms with Crippen LogP contribution in [0, 0.1) is 0 Å². The minimum absolute atomic E-state index is 0.0399. The first-order valence-corrected chi connectivity index (χ1v) is 11.3. The largest absolute Gasteiger partial charge is 0.351 e. The van der Waals surface area contributed by atoms with Crippen molar-refractivity contribution < 1.29 is 19.2 Å². The number of hydrogen-bond donors (Lipinski definition) is 5. The van der Waals surface area contributed by atoms with Crippen LogP contribution in [0.4, 0.5) is 0 Å². The molecule has 0 rings (SSSR count). The van der Waals surface area contributed by atoms with E-state index < -0.39 is 12.1 Å². The summed E-state index contributed by atoms with van der Waals surface area (Å²) in [4.78, 5) is 48.8. The van der Waals surface area contributed by atoms with Crippen molar-refractivity contribution >= 4 is 23.4 Å². The number of carbonyl (C=O) groups is 4. The maximum atomic E-state index is 12.7. The normalized spacial score (nSPS) is 13.8. The Morgan fingerprint density at radius 3 is 1.71 bits per heavy atom. The number of rotatable bonds is 19. The Labute approximate surface area is 187 Å². The van der Waals surface area contributed by atoms with E-state index in [-0.39, 0.29) is 42.3 Å². The molecule has 3 atom stereocenters. The van der Waals surface area contributed by atoms with Crippen molar-refractivity contribution in [3.05, 3.63) is 0 Å². The molecule has 0 aromatic rings. The molecule has 3 unspecified atom stereocenters. The van der Waals surface area contributed by atoms with E-state index in [9.17, 15) is 19.2 Å². The zero-order valence-corrected chi connectivity index (χ0v) is 19.9. The van der Waals surface area contributed by atoms with Gasteiger partial charge < -0.3 is 26.6 Å². The number of nitrogens with one attached hydrogen (secondary N) is 5. The second kappa shape index (κ2) is 17.8. The van der Waals surface area contributed by atoms with Gasteiger partial charge in [0.15, 0.2) is 5.78 Å². The van der Waals surface area contributed by atoms with Crippen molar-refractivity contribution in [3.8, 4) is 0 Å². The Balaban J connectivity index is 4.82. The first-order valence-electron chi connectivity index (χ1n) is 11.3. The summed E-state index contributed by atoms with van der Waals surface area (Å²) in [6.07, 6.45) is 4.84. The van der Waals surface area contributed by atoms with Crippen molar-refractivity contribution in [1.29, 1.82) is 0 Å². The molecule has 0 saturated carbocycles. The Kier molecular flexibility index (Phi) is 16.7. The summed E-state index contributed by atoms with van der Waals surface area (Å²) < 4.78 is 0. The summed E-state index contributed by atoms with van der Waals surface area (Å²) >= 11 is 0. The van der Waals surface area contributed by atoms with Crippen LogP contribution in [0.3, 0.4) is 0 Å². The fourth-order valence-corrected chi connectivity index (χ4v) is 3.38. The molecule has 31 heavy (non-hydrogen) atoms. The quantitative estimate of drug-likeness (QED) is 0.182. The SMILES string of the molecule is CNCCCCC(NC(=O)CC(CC(C)=O)NC(=O)C(CCCCNC)NC)C(C)=O. The summed E-state index contributed by atoms with van der Waals surface area (Å²) in [6.45, 7) is 4.64. The molecule has 2 amide bonds. The fraction of sp³-hybridized carbons (Fsp3) is 0.818. The Bertz CT molecular complexity index is 556. The zero-order chi connectivity index (χ0) is 23.6. The highest BCUT2D eigenvalue weighted by Crippen LogP contribution is 2.07. The topological polar surface area (TPSA) is 128 Å². The highest BCUT2D eigenvalue weighted by atomic mass is 16.2. The van der Waals surface area contributed by atoms with Crippen LogP contribution in [-0.2, 0) is 19.2 Å². The van der Waals surface area contributed by atoms with Crippen molar-refractivity contribution in [2.24, 2.45) is 0 Å². The van der Waals surface area contributed by atoms with Gasteiger partial charge in [-0.15, -0.1) is 0 Å². The van der Waals surface area contributed by atoms with E-state index in [0.717, 1.165) is 38.8 Å². The molecule has 0 fully saturated rings. The molecule has 0 radical (unpaired) electrons. The first-order chi connectivity index (χ1) is 14.7. The second-order valence-corrected chi connectivity index (χ2v) is 8.09. The van der Waals surface area contributed by atoms with E-state index in [4.69, 9.17) is 0 Å². The van der Waals surface area contributed by atoms with E-state index in [1.807, 2.05) is 14.1 Å². The molecular formula is C22H43N5O4. The summed E-state index contributed by atoms with van der Waals surface area (Å²) in [7, 11) is 5.48. The Morgan fingerprint density at radius 2 is 1.26 bits per heavy atom. The minimum Gasteiger partial charge on any atom is -0.351 e. The number of amides is 2. The minimum atomic E-state index is -0.602. The van der Waals surface area contributed by atoms with E-state index >= 15 is 0 Å². The van der Waals surface area contributed by atoms with Gasteiger partial charge in [0.1, 0.15) is 5.78 Å². The molecular weight excluding hydrogens is 398 g/mol. The van der Waals surface area contributed by atoms with Crippen LogP contribution in [0.2, 0.25) is 0 Å². The van der Waals surface area contributed by atoms with Gasteiger partial charge in [-0.25, -0.2) is 0 Å². The van der Waals surface area contributed by atoms with Gasteiger partial charge in [-0.05, 0) is 80.2 Å². The van der Waals surface area contributed by atoms with Crippen molar-refractivity contribution in [2.75, 3.05) is 34.2 Å². The van der Waals surface area contributed by atoms with Crippen LogP contribution in [0.25, 0.3) is 0 Å². The molecule has 5 N–H and O–H groups in total. The average Bonchev–Trinajstić information content (AvgIpc) is 2.69. The number of Topliss-reactive ketones (excluding diaryl/α,β-unsaturated/α-hetero) is 2. The second-order valence-electron chi connectivity index (χ2n) is 8.09. The molecule has 0 spiro atoms. The number of ketones is 2. The number of carbonyl (C=O) groups excluding carboxylic acids is 4. The van der Waals surface area contributed by atoms with E-state index in [0.29, 0.717) is 12.8 Å². The number of hydrogen-bond acceptors (Lipinski definition) is 7. The molecule has 9 nitrogen and oxygen atoms in total. The standard InChI is InChI=1S/C22H43N5O4/c1-16(28)14-18(26-22(31)20(25-5)11-7-9-13-24-4)15-21(30)27-19(17(2)29)10-6-8-12-23-3/h18-20,23-25H,6-15H2,1-5H3,(H,26,31)(H,27,30). The molecule has 0 heterocycles. The Morgan fingerprint density at radius 1 is 0.710 bits per heavy atom. The lowest BCUT2D eigenvalue weighted by Gasteiger charge is -2.23. The van der Waals surface area contributed by atoms with Gasteiger partial charge in [0.2, 0.25) is 11.8 Å². The van der Waals surface area contributed by atoms with Crippen molar-refractivity contribution in [1.82, 2.24) is 26.6 Å². The zero-order valence-electron chi connectivity index (χ0n) is 19.9. The monoisotopic (exact) mass is 441 g/mol. The Hall–Kier alpha value is -1.84. The average molecular weight is 442 g/mol. The van der Waals surface area contributed by atoms with E-state index in [2.05, 4.69) is 26.6 Å². The molecule has 0 bridgehead atoms. The van der Waals surface area contributed by atoms with Crippen molar-refractivity contribution in [3.63, 3.8) is 0 Å². The molecule has 0 saturated heterocycles. The number of likely N-dealkylation sites (N-methyl/N-ethyl adjacent to an activating group) is 1. The van der Waals surface area contributed by atoms with Gasteiger partial charge in [-0.3, -0.25) is 19.2 Å². The van der Waals surface area contributed by atoms with Gasteiger partial charge in [-0.1, -0.05) is 6.42 Å². The van der Waals surface area contributed by atoms with Crippen LogP contribution >= 0.6 is 0 Å². The summed E-state index contributed by atoms with van der Waals surface area (Å²) in [5, 5.41) is 14.7. The van der Waals surface area contributed by atoms with Crippen LogP contribution in [0.15, 0.2) is 0 Å². The van der Waals surface area contributed by atoms with Crippen LogP contribution in [-0.4, -0.2) is 75.7 Å². The van der Waals surface area contributed by atoms with Gasteiger partial charge in [0, 0.05) is 18.9 Å². The lowest BCUT2D eigenvalue weighted by atomic mass is 10.0. The highest BCUT2D eigenvalue weighted by molar-refractivity contribution is 5.89. The molecule has 0 aliphatic carbocycles. The van der Waals surface area contributed by atoms with Crippen LogP contribution < -0.4 is 26.6 Å². The predicted molar refractivity (Wildman–Crippen MR) is 123 cm³/mol.